The first kappa shape index (κ1) is 22.0. The summed E-state index contributed by atoms with van der Waals surface area (Å²) in [6.45, 7) is 5.73. The van der Waals surface area contributed by atoms with Crippen LogP contribution >= 0.6 is 0 Å². The van der Waals surface area contributed by atoms with Gasteiger partial charge in [-0.25, -0.2) is 9.97 Å². The Morgan fingerprint density at radius 2 is 2.20 bits per heavy atom. The zero-order valence-electron chi connectivity index (χ0n) is 18.3. The molecule has 1 fully saturated rings. The summed E-state index contributed by atoms with van der Waals surface area (Å²) in [6, 6.07) is 7.94. The zero-order chi connectivity index (χ0) is 21.2. The van der Waals surface area contributed by atoms with Crippen molar-refractivity contribution in [3.63, 3.8) is 0 Å². The summed E-state index contributed by atoms with van der Waals surface area (Å²) in [5.74, 6) is 2.60. The van der Waals surface area contributed by atoms with E-state index in [0.717, 1.165) is 62.6 Å². The van der Waals surface area contributed by atoms with E-state index in [2.05, 4.69) is 32.1 Å². The number of carbonyl (C=O) groups excluding carboxylic acids is 1. The van der Waals surface area contributed by atoms with Crippen LogP contribution in [0.4, 0.5) is 11.6 Å². The molecule has 0 bridgehead atoms. The SMILES string of the molecule is CCCNc1cc(N2CCC[C@@H](CCC(=O)N(C)CCc3ccccn3)C2)ncn1. The molecular formula is C23H34N6O. The van der Waals surface area contributed by atoms with Gasteiger partial charge in [0.05, 0.1) is 0 Å². The lowest BCUT2D eigenvalue weighted by Crippen LogP contribution is -2.37. The summed E-state index contributed by atoms with van der Waals surface area (Å²) < 4.78 is 0. The van der Waals surface area contributed by atoms with Gasteiger partial charge < -0.3 is 15.1 Å². The van der Waals surface area contributed by atoms with E-state index in [9.17, 15) is 4.79 Å². The van der Waals surface area contributed by atoms with Crippen molar-refractivity contribution >= 4 is 17.5 Å². The van der Waals surface area contributed by atoms with E-state index in [0.29, 0.717) is 18.9 Å². The molecule has 0 unspecified atom stereocenters. The van der Waals surface area contributed by atoms with Crippen molar-refractivity contribution < 1.29 is 4.79 Å². The van der Waals surface area contributed by atoms with Gasteiger partial charge in [-0.05, 0) is 43.7 Å². The number of anilines is 2. The number of likely N-dealkylation sites (N-methyl/N-ethyl adjacent to an activating group) is 1. The lowest BCUT2D eigenvalue weighted by Gasteiger charge is -2.33. The Morgan fingerprint density at radius 3 is 3.00 bits per heavy atom. The normalized spacial score (nSPS) is 16.3. The molecule has 2 aromatic heterocycles. The van der Waals surface area contributed by atoms with Gasteiger partial charge in [-0.3, -0.25) is 9.78 Å². The highest BCUT2D eigenvalue weighted by Gasteiger charge is 2.22. The van der Waals surface area contributed by atoms with Gasteiger partial charge in [-0.2, -0.15) is 0 Å². The highest BCUT2D eigenvalue weighted by molar-refractivity contribution is 5.75. The number of hydrogen-bond acceptors (Lipinski definition) is 6. The monoisotopic (exact) mass is 410 g/mol. The number of rotatable bonds is 10. The minimum Gasteiger partial charge on any atom is -0.370 e. The molecule has 0 aliphatic carbocycles. The van der Waals surface area contributed by atoms with Crippen LogP contribution in [-0.2, 0) is 11.2 Å². The molecular weight excluding hydrogens is 376 g/mol. The van der Waals surface area contributed by atoms with Crippen molar-refractivity contribution in [2.24, 2.45) is 5.92 Å². The average Bonchev–Trinajstić information content (AvgIpc) is 2.80. The van der Waals surface area contributed by atoms with E-state index in [1.54, 1.807) is 12.5 Å². The van der Waals surface area contributed by atoms with Crippen LogP contribution in [0.2, 0.25) is 0 Å². The third-order valence-electron chi connectivity index (χ3n) is 5.67. The molecule has 162 valence electrons. The third kappa shape index (κ3) is 6.68. The number of amides is 1. The van der Waals surface area contributed by atoms with E-state index in [-0.39, 0.29) is 5.91 Å². The molecule has 1 aliphatic heterocycles. The Bertz CT molecular complexity index is 784. The number of hydrogen-bond donors (Lipinski definition) is 1. The number of aromatic nitrogens is 3. The molecule has 0 radical (unpaired) electrons. The topological polar surface area (TPSA) is 74.2 Å². The van der Waals surface area contributed by atoms with Gasteiger partial charge >= 0.3 is 0 Å². The van der Waals surface area contributed by atoms with Gasteiger partial charge in [0.25, 0.3) is 0 Å². The first-order valence-corrected chi connectivity index (χ1v) is 11.1. The number of nitrogens with zero attached hydrogens (tertiary/aromatic N) is 5. The van der Waals surface area contributed by atoms with E-state index >= 15 is 0 Å². The molecule has 0 aromatic carbocycles. The van der Waals surface area contributed by atoms with Crippen LogP contribution in [0.15, 0.2) is 36.8 Å². The fraction of sp³-hybridized carbons (Fsp3) is 0.565. The molecule has 1 saturated heterocycles. The predicted molar refractivity (Wildman–Crippen MR) is 121 cm³/mol. The Morgan fingerprint density at radius 1 is 1.30 bits per heavy atom. The second-order valence-corrected chi connectivity index (χ2v) is 8.07. The van der Waals surface area contributed by atoms with Crippen LogP contribution in [0.5, 0.6) is 0 Å². The number of pyridine rings is 1. The highest BCUT2D eigenvalue weighted by Crippen LogP contribution is 2.25. The maximum atomic E-state index is 12.6. The molecule has 7 heteroatoms. The Balaban J connectivity index is 1.45. The summed E-state index contributed by atoms with van der Waals surface area (Å²) in [5, 5.41) is 3.33. The molecule has 1 amide bonds. The Hall–Kier alpha value is -2.70. The first-order valence-electron chi connectivity index (χ1n) is 11.1. The molecule has 1 N–H and O–H groups in total. The lowest BCUT2D eigenvalue weighted by molar-refractivity contribution is -0.130. The van der Waals surface area contributed by atoms with E-state index in [1.165, 1.54) is 6.42 Å². The highest BCUT2D eigenvalue weighted by atomic mass is 16.2. The minimum atomic E-state index is 0.219. The van der Waals surface area contributed by atoms with Gasteiger partial charge in [0, 0.05) is 64.0 Å². The number of nitrogens with one attached hydrogen (secondary N) is 1. The summed E-state index contributed by atoms with van der Waals surface area (Å²) in [4.78, 5) is 29.9. The van der Waals surface area contributed by atoms with E-state index < -0.39 is 0 Å². The van der Waals surface area contributed by atoms with Crippen molar-refractivity contribution in [1.29, 1.82) is 0 Å². The maximum Gasteiger partial charge on any atom is 0.222 e. The largest absolute Gasteiger partial charge is 0.370 e. The molecule has 0 spiro atoms. The van der Waals surface area contributed by atoms with Gasteiger partial charge in [0.15, 0.2) is 0 Å². The first-order chi connectivity index (χ1) is 14.7. The van der Waals surface area contributed by atoms with Crippen LogP contribution in [0.1, 0.15) is 44.7 Å². The summed E-state index contributed by atoms with van der Waals surface area (Å²) in [5.41, 5.74) is 1.03. The quantitative estimate of drug-likeness (QED) is 0.647. The van der Waals surface area contributed by atoms with Crippen LogP contribution < -0.4 is 10.2 Å². The third-order valence-corrected chi connectivity index (χ3v) is 5.67. The maximum absolute atomic E-state index is 12.6. The molecule has 0 saturated carbocycles. The molecule has 3 rings (SSSR count). The van der Waals surface area contributed by atoms with Crippen LogP contribution in [0.25, 0.3) is 0 Å². The van der Waals surface area contributed by atoms with Gasteiger partial charge in [0.2, 0.25) is 5.91 Å². The van der Waals surface area contributed by atoms with Gasteiger partial charge in [-0.15, -0.1) is 0 Å². The standard InChI is InChI=1S/C23H34N6O/c1-3-12-25-21-16-22(27-18-26-21)29-14-6-7-19(17-29)9-10-23(30)28(2)15-11-20-8-4-5-13-24-20/h4-5,8,13,16,18-19H,3,6-7,9-12,14-15,17H2,1-2H3,(H,25,26,27)/t19-/m0/s1. The number of carbonyl (C=O) groups is 1. The van der Waals surface area contributed by atoms with Crippen molar-refractivity contribution in [1.82, 2.24) is 19.9 Å². The molecule has 1 atom stereocenters. The summed E-state index contributed by atoms with van der Waals surface area (Å²) >= 11 is 0. The molecule has 1 aliphatic rings. The molecule has 30 heavy (non-hydrogen) atoms. The van der Waals surface area contributed by atoms with E-state index in [4.69, 9.17) is 0 Å². The van der Waals surface area contributed by atoms with Crippen molar-refractivity contribution in [3.8, 4) is 0 Å². The smallest absolute Gasteiger partial charge is 0.222 e. The second-order valence-electron chi connectivity index (χ2n) is 8.07. The van der Waals surface area contributed by atoms with Crippen molar-refractivity contribution in [2.75, 3.05) is 43.4 Å². The fourth-order valence-electron chi connectivity index (χ4n) is 3.85. The van der Waals surface area contributed by atoms with Crippen molar-refractivity contribution in [2.45, 2.75) is 45.4 Å². The fourth-order valence-corrected chi connectivity index (χ4v) is 3.85. The van der Waals surface area contributed by atoms with E-state index in [1.807, 2.05) is 36.2 Å². The minimum absolute atomic E-state index is 0.219. The molecule has 7 nitrogen and oxygen atoms in total. The van der Waals surface area contributed by atoms with Gasteiger partial charge in [0.1, 0.15) is 18.0 Å². The number of piperidine rings is 1. The molecule has 2 aromatic rings. The van der Waals surface area contributed by atoms with Crippen LogP contribution in [0, 0.1) is 5.92 Å². The Kier molecular flexibility index (Phi) is 8.41. The Labute approximate surface area is 179 Å². The summed E-state index contributed by atoms with van der Waals surface area (Å²) in [6.07, 6.45) is 9.13. The van der Waals surface area contributed by atoms with Crippen LogP contribution in [0.3, 0.4) is 0 Å². The summed E-state index contributed by atoms with van der Waals surface area (Å²) in [7, 11) is 1.89. The lowest BCUT2D eigenvalue weighted by atomic mass is 9.93. The predicted octanol–water partition coefficient (Wildman–Crippen LogP) is 3.39. The van der Waals surface area contributed by atoms with Crippen LogP contribution in [-0.4, -0.2) is 59.0 Å². The van der Waals surface area contributed by atoms with Gasteiger partial charge in [-0.1, -0.05) is 13.0 Å². The second kappa shape index (κ2) is 11.5. The average molecular weight is 411 g/mol. The zero-order valence-corrected chi connectivity index (χ0v) is 18.3. The molecule has 3 heterocycles. The van der Waals surface area contributed by atoms with Crippen molar-refractivity contribution in [3.05, 3.63) is 42.5 Å².